The molecule has 0 aliphatic heterocycles. The maximum absolute atomic E-state index is 12.5. The van der Waals surface area contributed by atoms with E-state index in [0.717, 1.165) is 18.7 Å². The van der Waals surface area contributed by atoms with Crippen LogP contribution < -0.4 is 0 Å². The van der Waals surface area contributed by atoms with Gasteiger partial charge in [-0.05, 0) is 12.8 Å². The summed E-state index contributed by atoms with van der Waals surface area (Å²) in [6.45, 7) is 3.72. The van der Waals surface area contributed by atoms with Crippen molar-refractivity contribution in [3.05, 3.63) is 18.2 Å². The van der Waals surface area contributed by atoms with E-state index in [0.29, 0.717) is 6.54 Å². The maximum atomic E-state index is 12.5. The third kappa shape index (κ3) is 3.00. The first kappa shape index (κ1) is 14.6. The smallest absolute Gasteiger partial charge is 0.307 e. The molecule has 110 valence electrons. The molecule has 2 atom stereocenters. The number of hydrogen-bond donors (Lipinski definition) is 1. The number of hydrogen-bond acceptors (Lipinski definition) is 3. The Morgan fingerprint density at radius 2 is 2.10 bits per heavy atom. The predicted octanol–water partition coefficient (Wildman–Crippen LogP) is 1.27. The number of imidazole rings is 1. The normalized spacial score (nSPS) is 17.6. The van der Waals surface area contributed by atoms with Crippen molar-refractivity contribution in [2.24, 2.45) is 18.9 Å². The van der Waals surface area contributed by atoms with Crippen LogP contribution in [0.2, 0.25) is 0 Å². The van der Waals surface area contributed by atoms with Crippen LogP contribution in [-0.2, 0) is 23.2 Å². The summed E-state index contributed by atoms with van der Waals surface area (Å²) in [4.78, 5) is 29.6. The molecule has 0 saturated heterocycles. The van der Waals surface area contributed by atoms with Crippen LogP contribution in [0.25, 0.3) is 0 Å². The highest BCUT2D eigenvalue weighted by Gasteiger charge is 2.37. The summed E-state index contributed by atoms with van der Waals surface area (Å²) in [6.07, 6.45) is 5.52. The zero-order valence-corrected chi connectivity index (χ0v) is 12.1. The minimum atomic E-state index is -0.932. The van der Waals surface area contributed by atoms with E-state index in [9.17, 15) is 9.59 Å². The molecule has 1 saturated carbocycles. The van der Waals surface area contributed by atoms with Crippen molar-refractivity contribution in [1.82, 2.24) is 14.5 Å². The van der Waals surface area contributed by atoms with E-state index in [1.54, 1.807) is 24.9 Å². The number of carboxylic acids is 1. The summed E-state index contributed by atoms with van der Waals surface area (Å²) in [5.41, 5.74) is 0. The number of amides is 1. The molecule has 1 aromatic heterocycles. The van der Waals surface area contributed by atoms with Crippen LogP contribution in [0.15, 0.2) is 12.4 Å². The first-order chi connectivity index (χ1) is 9.41. The summed E-state index contributed by atoms with van der Waals surface area (Å²) >= 11 is 0. The lowest BCUT2D eigenvalue weighted by Crippen LogP contribution is -2.40. The number of aryl methyl sites for hydroxylation is 1. The molecule has 0 aromatic carbocycles. The lowest BCUT2D eigenvalue weighted by atomic mass is 9.94. The lowest BCUT2D eigenvalue weighted by Gasteiger charge is -2.27. The molecule has 2 rings (SSSR count). The summed E-state index contributed by atoms with van der Waals surface area (Å²) in [5.74, 6) is -1.40. The Kier molecular flexibility index (Phi) is 4.11. The minimum absolute atomic E-state index is 0.0922. The summed E-state index contributed by atoms with van der Waals surface area (Å²) in [7, 11) is 1.89. The molecular weight excluding hydrogens is 258 g/mol. The molecule has 0 spiro atoms. The average Bonchev–Trinajstić information content (AvgIpc) is 3.17. The Morgan fingerprint density at radius 1 is 1.45 bits per heavy atom. The van der Waals surface area contributed by atoms with Gasteiger partial charge in [0.05, 0.1) is 12.5 Å². The molecule has 20 heavy (non-hydrogen) atoms. The Labute approximate surface area is 118 Å². The molecular formula is C14H21N3O3. The zero-order valence-electron chi connectivity index (χ0n) is 12.1. The van der Waals surface area contributed by atoms with Gasteiger partial charge in [-0.25, -0.2) is 4.98 Å². The van der Waals surface area contributed by atoms with Gasteiger partial charge in [-0.2, -0.15) is 0 Å². The SMILES string of the molecule is CC(C(=O)O)C(C)C(=O)N(Cc1nccn1C)C1CC1. The molecule has 1 aliphatic rings. The molecule has 2 unspecified atom stereocenters. The van der Waals surface area contributed by atoms with Crippen LogP contribution in [-0.4, -0.2) is 37.5 Å². The molecule has 6 heteroatoms. The van der Waals surface area contributed by atoms with Gasteiger partial charge in [0.15, 0.2) is 0 Å². The van der Waals surface area contributed by atoms with E-state index in [1.165, 1.54) is 0 Å². The van der Waals surface area contributed by atoms with Gasteiger partial charge in [-0.1, -0.05) is 13.8 Å². The number of aromatic nitrogens is 2. The van der Waals surface area contributed by atoms with Crippen LogP contribution in [0.4, 0.5) is 0 Å². The molecule has 1 heterocycles. The van der Waals surface area contributed by atoms with Crippen molar-refractivity contribution in [3.8, 4) is 0 Å². The van der Waals surface area contributed by atoms with Crippen LogP contribution in [0, 0.1) is 11.8 Å². The molecule has 1 aliphatic carbocycles. The molecule has 1 aromatic rings. The average molecular weight is 279 g/mol. The highest BCUT2D eigenvalue weighted by atomic mass is 16.4. The number of aliphatic carboxylic acids is 1. The Hall–Kier alpha value is -1.85. The second-order valence-corrected chi connectivity index (χ2v) is 5.57. The number of carbonyl (C=O) groups is 2. The predicted molar refractivity (Wildman–Crippen MR) is 72.7 cm³/mol. The van der Waals surface area contributed by atoms with E-state index in [-0.39, 0.29) is 11.9 Å². The largest absolute Gasteiger partial charge is 0.481 e. The van der Waals surface area contributed by atoms with Crippen molar-refractivity contribution in [2.75, 3.05) is 0 Å². The van der Waals surface area contributed by atoms with Crippen molar-refractivity contribution >= 4 is 11.9 Å². The van der Waals surface area contributed by atoms with E-state index in [2.05, 4.69) is 4.98 Å². The van der Waals surface area contributed by atoms with E-state index >= 15 is 0 Å². The highest BCUT2D eigenvalue weighted by molar-refractivity contribution is 5.84. The number of rotatable bonds is 6. The third-order valence-corrected chi connectivity index (χ3v) is 4.03. The van der Waals surface area contributed by atoms with Crippen LogP contribution in [0.3, 0.4) is 0 Å². The van der Waals surface area contributed by atoms with Gasteiger partial charge in [0, 0.05) is 31.4 Å². The Balaban J connectivity index is 2.10. The molecule has 1 N–H and O–H groups in total. The van der Waals surface area contributed by atoms with Gasteiger partial charge in [-0.15, -0.1) is 0 Å². The molecule has 0 bridgehead atoms. The molecule has 0 radical (unpaired) electrons. The van der Waals surface area contributed by atoms with Crippen LogP contribution in [0.1, 0.15) is 32.5 Å². The van der Waals surface area contributed by atoms with Crippen molar-refractivity contribution in [1.29, 1.82) is 0 Å². The summed E-state index contributed by atoms with van der Waals surface area (Å²) < 4.78 is 1.88. The summed E-state index contributed by atoms with van der Waals surface area (Å²) in [6, 6.07) is 0.239. The van der Waals surface area contributed by atoms with Crippen molar-refractivity contribution in [3.63, 3.8) is 0 Å². The van der Waals surface area contributed by atoms with Gasteiger partial charge >= 0.3 is 5.97 Å². The quantitative estimate of drug-likeness (QED) is 0.850. The minimum Gasteiger partial charge on any atom is -0.481 e. The number of nitrogens with zero attached hydrogens (tertiary/aromatic N) is 3. The fourth-order valence-corrected chi connectivity index (χ4v) is 2.16. The monoisotopic (exact) mass is 279 g/mol. The van der Waals surface area contributed by atoms with Gasteiger partial charge in [0.1, 0.15) is 5.82 Å². The van der Waals surface area contributed by atoms with Gasteiger partial charge in [-0.3, -0.25) is 9.59 Å². The fraction of sp³-hybridized carbons (Fsp3) is 0.643. The molecule has 1 amide bonds. The second kappa shape index (κ2) is 5.64. The number of carboxylic acid groups (broad SMARTS) is 1. The fourth-order valence-electron chi connectivity index (χ4n) is 2.16. The van der Waals surface area contributed by atoms with Gasteiger partial charge < -0.3 is 14.6 Å². The van der Waals surface area contributed by atoms with Crippen LogP contribution >= 0.6 is 0 Å². The third-order valence-electron chi connectivity index (χ3n) is 4.03. The highest BCUT2D eigenvalue weighted by Crippen LogP contribution is 2.30. The van der Waals surface area contributed by atoms with E-state index in [4.69, 9.17) is 5.11 Å². The molecule has 1 fully saturated rings. The zero-order chi connectivity index (χ0) is 14.9. The van der Waals surface area contributed by atoms with Gasteiger partial charge in [0.25, 0.3) is 0 Å². The van der Waals surface area contributed by atoms with Crippen molar-refractivity contribution in [2.45, 2.75) is 39.3 Å². The standard InChI is InChI=1S/C14H21N3O3/c1-9(10(2)14(19)20)13(18)17(11-4-5-11)8-12-15-6-7-16(12)3/h6-7,9-11H,4-5,8H2,1-3H3,(H,19,20). The van der Waals surface area contributed by atoms with Crippen LogP contribution in [0.5, 0.6) is 0 Å². The first-order valence-corrected chi connectivity index (χ1v) is 6.91. The number of carbonyl (C=O) groups excluding carboxylic acids is 1. The Morgan fingerprint density at radius 3 is 2.55 bits per heavy atom. The van der Waals surface area contributed by atoms with E-state index < -0.39 is 17.8 Å². The second-order valence-electron chi connectivity index (χ2n) is 5.57. The van der Waals surface area contributed by atoms with Crippen molar-refractivity contribution < 1.29 is 14.7 Å². The Bertz CT molecular complexity index is 508. The lowest BCUT2D eigenvalue weighted by molar-refractivity contribution is -0.149. The summed E-state index contributed by atoms with van der Waals surface area (Å²) in [5, 5.41) is 9.05. The maximum Gasteiger partial charge on any atom is 0.307 e. The van der Waals surface area contributed by atoms with Gasteiger partial charge in [0.2, 0.25) is 5.91 Å². The van der Waals surface area contributed by atoms with E-state index in [1.807, 2.05) is 17.8 Å². The first-order valence-electron chi connectivity index (χ1n) is 6.91. The topological polar surface area (TPSA) is 75.4 Å². The molecule has 6 nitrogen and oxygen atoms in total.